The number of aryl methyl sites for hydroxylation is 1. The van der Waals surface area contributed by atoms with Gasteiger partial charge in [0, 0.05) is 17.0 Å². The number of methoxy groups -OCH3 is 3. The highest BCUT2D eigenvalue weighted by Crippen LogP contribution is 2.43. The minimum absolute atomic E-state index is 0.0997. The van der Waals surface area contributed by atoms with E-state index < -0.39 is 20.2 Å². The molecule has 0 radical (unpaired) electrons. The molecule has 0 aliphatic rings. The maximum Gasteiger partial charge on any atom is 0.306 e. The minimum Gasteiger partial charge on any atom is -0.748 e. The van der Waals surface area contributed by atoms with Crippen molar-refractivity contribution in [3.05, 3.63) is 36.5 Å². The zero-order valence-electron chi connectivity index (χ0n) is 22.0. The number of hydrogen-bond donors (Lipinski definition) is 0. The summed E-state index contributed by atoms with van der Waals surface area (Å²) >= 11 is 0. The van der Waals surface area contributed by atoms with E-state index in [4.69, 9.17) is 36.1 Å². The summed E-state index contributed by atoms with van der Waals surface area (Å²) in [5.41, 5.74) is 0.914. The van der Waals surface area contributed by atoms with Gasteiger partial charge in [-0.05, 0) is 37.3 Å². The first kappa shape index (κ1) is 29.0. The Bertz CT molecular complexity index is 1720. The van der Waals surface area contributed by atoms with Crippen LogP contribution in [0.25, 0.3) is 32.4 Å². The quantitative estimate of drug-likeness (QED) is 0.142. The Balaban J connectivity index is 0.000000732. The summed E-state index contributed by atoms with van der Waals surface area (Å²) in [5.74, 6) is 2.26. The van der Waals surface area contributed by atoms with Crippen LogP contribution in [0, 0.1) is 0 Å². The third-order valence-corrected chi connectivity index (χ3v) is 5.91. The van der Waals surface area contributed by atoms with Crippen molar-refractivity contribution in [2.24, 2.45) is 7.05 Å². The van der Waals surface area contributed by atoms with Gasteiger partial charge >= 0.3 is 10.1 Å². The van der Waals surface area contributed by atoms with Crippen LogP contribution in [0.4, 0.5) is 0 Å². The Kier molecular flexibility index (Phi) is 8.44. The molecule has 0 atom stereocenters. The fourth-order valence-corrected chi connectivity index (χ4v) is 4.59. The third kappa shape index (κ3) is 6.47. The highest BCUT2D eigenvalue weighted by molar-refractivity contribution is 7.86. The molecule has 4 rings (SSSR count). The standard InChI is InChI=1S/C24H26NO7S.CH4O3S/c1-7-31-19-11-17-15-9-21(29-4)20(28-3)8-14(15)13-25(2)24(17)18-12-22(30-5)23(10-16(18)19)32-33(6,26)27;1-5(2,3)4/h8-13H,7H2,1-6H3;1H3,(H,2,3,4)/q+1;/p-1. The van der Waals surface area contributed by atoms with Crippen molar-refractivity contribution in [3.8, 4) is 28.7 Å². The molecule has 1 aromatic heterocycles. The lowest BCUT2D eigenvalue weighted by Gasteiger charge is -2.15. The van der Waals surface area contributed by atoms with Gasteiger partial charge in [-0.3, -0.25) is 0 Å². The highest BCUT2D eigenvalue weighted by atomic mass is 32.2. The van der Waals surface area contributed by atoms with Crippen molar-refractivity contribution < 1.29 is 49.1 Å². The van der Waals surface area contributed by atoms with E-state index in [1.54, 1.807) is 26.4 Å². The van der Waals surface area contributed by atoms with Gasteiger partial charge in [-0.15, -0.1) is 0 Å². The van der Waals surface area contributed by atoms with Gasteiger partial charge < -0.3 is 27.7 Å². The van der Waals surface area contributed by atoms with Gasteiger partial charge in [-0.2, -0.15) is 13.0 Å². The summed E-state index contributed by atoms with van der Waals surface area (Å²) < 4.78 is 80.5. The van der Waals surface area contributed by atoms with Gasteiger partial charge in [0.2, 0.25) is 5.52 Å². The normalized spacial score (nSPS) is 11.7. The first-order valence-corrected chi connectivity index (χ1v) is 14.8. The number of rotatable bonds is 7. The van der Waals surface area contributed by atoms with Crippen molar-refractivity contribution in [1.29, 1.82) is 0 Å². The van der Waals surface area contributed by atoms with Gasteiger partial charge in [-0.25, -0.2) is 8.42 Å². The van der Waals surface area contributed by atoms with Crippen LogP contribution < -0.4 is 27.7 Å². The molecule has 3 aromatic carbocycles. The van der Waals surface area contributed by atoms with E-state index in [1.165, 1.54) is 7.11 Å². The average Bonchev–Trinajstić information content (AvgIpc) is 2.81. The fraction of sp³-hybridized carbons (Fsp3) is 0.320. The molecule has 0 aliphatic carbocycles. The summed E-state index contributed by atoms with van der Waals surface area (Å²) in [4.78, 5) is 0. The number of ether oxygens (including phenoxy) is 4. The Morgan fingerprint density at radius 2 is 1.18 bits per heavy atom. The maximum absolute atomic E-state index is 11.8. The number of aromatic nitrogens is 1. The Morgan fingerprint density at radius 1 is 0.737 bits per heavy atom. The molecule has 13 heteroatoms. The molecule has 0 aliphatic heterocycles. The molecule has 0 unspecified atom stereocenters. The number of fused-ring (bicyclic) bond motifs is 5. The zero-order valence-corrected chi connectivity index (χ0v) is 23.7. The molecular formula is C25H29NO10S2. The number of benzene rings is 3. The lowest BCUT2D eigenvalue weighted by Crippen LogP contribution is -2.28. The lowest BCUT2D eigenvalue weighted by atomic mass is 9.99. The molecule has 38 heavy (non-hydrogen) atoms. The van der Waals surface area contributed by atoms with Crippen LogP contribution in [0.1, 0.15) is 6.92 Å². The predicted molar refractivity (Wildman–Crippen MR) is 142 cm³/mol. The monoisotopic (exact) mass is 567 g/mol. The van der Waals surface area contributed by atoms with E-state index in [1.807, 2.05) is 42.9 Å². The largest absolute Gasteiger partial charge is 0.748 e. The van der Waals surface area contributed by atoms with Crippen molar-refractivity contribution in [1.82, 2.24) is 0 Å². The second-order valence-corrected chi connectivity index (χ2v) is 11.3. The molecule has 0 spiro atoms. The molecule has 0 amide bonds. The molecule has 4 aromatic rings. The molecule has 0 saturated carbocycles. The highest BCUT2D eigenvalue weighted by Gasteiger charge is 2.23. The number of hydrogen-bond acceptors (Lipinski definition) is 10. The number of pyridine rings is 1. The van der Waals surface area contributed by atoms with Crippen LogP contribution >= 0.6 is 0 Å². The zero-order chi connectivity index (χ0) is 28.4. The van der Waals surface area contributed by atoms with E-state index in [9.17, 15) is 8.42 Å². The molecule has 0 saturated heterocycles. The van der Waals surface area contributed by atoms with Crippen LogP contribution in [-0.4, -0.2) is 61.8 Å². The SMILES string of the molecule is CCOc1cc2c3cc(OC)c(OC)cc3c[n+](C)c2c2cc(OC)c(OS(C)(=O)=O)cc12.CS(=O)(=O)[O-]. The molecule has 11 nitrogen and oxygen atoms in total. The van der Waals surface area contributed by atoms with Crippen molar-refractivity contribution in [3.63, 3.8) is 0 Å². The van der Waals surface area contributed by atoms with Crippen molar-refractivity contribution in [2.45, 2.75) is 6.92 Å². The van der Waals surface area contributed by atoms with Crippen LogP contribution in [0.2, 0.25) is 0 Å². The summed E-state index contributed by atoms with van der Waals surface area (Å²) in [6, 6.07) is 9.23. The second-order valence-electron chi connectivity index (χ2n) is 8.28. The first-order valence-electron chi connectivity index (χ1n) is 11.2. The molecule has 0 bridgehead atoms. The summed E-state index contributed by atoms with van der Waals surface area (Å²) in [7, 11) is -1.04. The molecule has 206 valence electrons. The van der Waals surface area contributed by atoms with Crippen LogP contribution in [0.3, 0.4) is 0 Å². The fourth-order valence-electron chi connectivity index (χ4n) is 4.14. The van der Waals surface area contributed by atoms with E-state index >= 15 is 0 Å². The summed E-state index contributed by atoms with van der Waals surface area (Å²) in [6.07, 6.45) is 3.61. The van der Waals surface area contributed by atoms with Gasteiger partial charge in [0.1, 0.15) is 12.8 Å². The topological polar surface area (TPSA) is 141 Å². The van der Waals surface area contributed by atoms with E-state index in [2.05, 4.69) is 0 Å². The Hall–Kier alpha value is -3.55. The second kappa shape index (κ2) is 11.1. The predicted octanol–water partition coefficient (Wildman–Crippen LogP) is 2.90. The third-order valence-electron chi connectivity index (χ3n) is 5.43. The van der Waals surface area contributed by atoms with E-state index in [-0.39, 0.29) is 5.75 Å². The van der Waals surface area contributed by atoms with Crippen molar-refractivity contribution >= 4 is 52.7 Å². The van der Waals surface area contributed by atoms with Gasteiger partial charge in [0.05, 0.1) is 60.5 Å². The number of nitrogens with zero attached hydrogens (tertiary/aromatic N) is 1. The van der Waals surface area contributed by atoms with E-state index in [0.717, 1.165) is 33.3 Å². The average molecular weight is 568 g/mol. The van der Waals surface area contributed by atoms with Gasteiger partial charge in [-0.1, -0.05) is 0 Å². The smallest absolute Gasteiger partial charge is 0.306 e. The van der Waals surface area contributed by atoms with Gasteiger partial charge in [0.15, 0.2) is 29.2 Å². The van der Waals surface area contributed by atoms with Crippen LogP contribution in [0.15, 0.2) is 36.5 Å². The van der Waals surface area contributed by atoms with E-state index in [0.29, 0.717) is 41.2 Å². The molecular weight excluding hydrogens is 538 g/mol. The summed E-state index contributed by atoms with van der Waals surface area (Å²) in [6.45, 7) is 2.33. The van der Waals surface area contributed by atoms with Crippen LogP contribution in [-0.2, 0) is 27.3 Å². The molecule has 0 fully saturated rings. The van der Waals surface area contributed by atoms with Crippen LogP contribution in [0.5, 0.6) is 28.7 Å². The van der Waals surface area contributed by atoms with Crippen molar-refractivity contribution in [2.75, 3.05) is 40.4 Å². The Morgan fingerprint density at radius 3 is 1.71 bits per heavy atom. The lowest BCUT2D eigenvalue weighted by molar-refractivity contribution is -0.642. The Labute approximate surface area is 221 Å². The minimum atomic E-state index is -3.92. The molecule has 1 heterocycles. The maximum atomic E-state index is 11.8. The summed E-state index contributed by atoms with van der Waals surface area (Å²) in [5, 5.41) is 4.39. The van der Waals surface area contributed by atoms with Gasteiger partial charge in [0.25, 0.3) is 0 Å². The first-order chi connectivity index (χ1) is 17.7. The molecule has 0 N–H and O–H groups in total.